The minimum absolute atomic E-state index is 0.329. The van der Waals surface area contributed by atoms with E-state index >= 15 is 0 Å². The molecule has 1 aromatic carbocycles. The summed E-state index contributed by atoms with van der Waals surface area (Å²) in [6, 6.07) is 10.3. The summed E-state index contributed by atoms with van der Waals surface area (Å²) < 4.78 is 7.16. The van der Waals surface area contributed by atoms with E-state index in [2.05, 4.69) is 35.0 Å². The third kappa shape index (κ3) is 3.74. The normalized spacial score (nSPS) is 10.6. The van der Waals surface area contributed by atoms with Crippen LogP contribution in [0.1, 0.15) is 19.8 Å². The van der Waals surface area contributed by atoms with E-state index in [-0.39, 0.29) is 6.09 Å². The molecule has 0 saturated heterocycles. The number of aromatic nitrogens is 1. The van der Waals surface area contributed by atoms with E-state index in [1.807, 2.05) is 18.3 Å². The lowest BCUT2D eigenvalue weighted by Crippen LogP contribution is -2.28. The number of para-hydroxylation sites is 1. The lowest BCUT2D eigenvalue weighted by Gasteiger charge is -2.08. The number of nitrogens with zero attached hydrogens (tertiary/aromatic N) is 1. The molecule has 4 nitrogen and oxygen atoms in total. The molecule has 0 atom stereocenters. The number of fused-ring (bicyclic) bond motifs is 1. The van der Waals surface area contributed by atoms with E-state index in [0.29, 0.717) is 13.2 Å². The summed E-state index contributed by atoms with van der Waals surface area (Å²) in [5, 5.41) is 3.98. The van der Waals surface area contributed by atoms with Gasteiger partial charge in [-0.2, -0.15) is 0 Å². The summed E-state index contributed by atoms with van der Waals surface area (Å²) in [5.41, 5.74) is 1.18. The third-order valence-electron chi connectivity index (χ3n) is 3.03. The number of amides is 1. The minimum Gasteiger partial charge on any atom is -0.450 e. The number of unbranched alkanes of at least 4 members (excludes halogenated alkanes) is 1. The van der Waals surface area contributed by atoms with Gasteiger partial charge in [0.25, 0.3) is 0 Å². The highest BCUT2D eigenvalue weighted by atomic mass is 16.5. The van der Waals surface area contributed by atoms with Crippen molar-refractivity contribution >= 4 is 17.0 Å². The molecule has 1 N–H and O–H groups in total. The standard InChI is InChI=1S/C15H20N2O2/c1-2-3-12-19-15(18)16-9-11-17-10-8-13-6-4-5-7-14(13)17/h4-8,10H,2-3,9,11-12H2,1H3,(H,16,18). The Kier molecular flexibility index (Phi) is 4.84. The predicted octanol–water partition coefficient (Wildman–Crippen LogP) is 3.17. The van der Waals surface area contributed by atoms with Gasteiger partial charge < -0.3 is 14.6 Å². The van der Waals surface area contributed by atoms with Gasteiger partial charge in [0.15, 0.2) is 0 Å². The van der Waals surface area contributed by atoms with Crippen molar-refractivity contribution in [3.63, 3.8) is 0 Å². The largest absolute Gasteiger partial charge is 0.450 e. The van der Waals surface area contributed by atoms with Gasteiger partial charge in [-0.05, 0) is 23.9 Å². The monoisotopic (exact) mass is 260 g/mol. The molecule has 2 rings (SSSR count). The molecule has 0 saturated carbocycles. The Hall–Kier alpha value is -1.97. The van der Waals surface area contributed by atoms with E-state index < -0.39 is 0 Å². The van der Waals surface area contributed by atoms with Crippen LogP contribution in [0.5, 0.6) is 0 Å². The van der Waals surface area contributed by atoms with Crippen LogP contribution in [0.4, 0.5) is 4.79 Å². The van der Waals surface area contributed by atoms with Crippen LogP contribution in [0.2, 0.25) is 0 Å². The second-order valence-electron chi connectivity index (χ2n) is 4.48. The van der Waals surface area contributed by atoms with E-state index in [1.165, 1.54) is 10.9 Å². The summed E-state index contributed by atoms with van der Waals surface area (Å²) in [4.78, 5) is 11.4. The summed E-state index contributed by atoms with van der Waals surface area (Å²) in [5.74, 6) is 0. The van der Waals surface area contributed by atoms with E-state index in [9.17, 15) is 4.79 Å². The number of rotatable bonds is 6. The van der Waals surface area contributed by atoms with Gasteiger partial charge in [0.2, 0.25) is 0 Å². The maximum absolute atomic E-state index is 11.4. The maximum Gasteiger partial charge on any atom is 0.407 e. The van der Waals surface area contributed by atoms with E-state index in [0.717, 1.165) is 19.4 Å². The summed E-state index contributed by atoms with van der Waals surface area (Å²) >= 11 is 0. The van der Waals surface area contributed by atoms with Gasteiger partial charge in [-0.3, -0.25) is 0 Å². The molecule has 4 heteroatoms. The summed E-state index contributed by atoms with van der Waals surface area (Å²) in [7, 11) is 0. The lowest BCUT2D eigenvalue weighted by atomic mass is 10.2. The van der Waals surface area contributed by atoms with E-state index in [1.54, 1.807) is 0 Å². The molecule has 0 radical (unpaired) electrons. The Balaban J connectivity index is 1.78. The van der Waals surface area contributed by atoms with Crippen LogP contribution in [0.25, 0.3) is 10.9 Å². The quantitative estimate of drug-likeness (QED) is 0.811. The molecule has 0 fully saturated rings. The van der Waals surface area contributed by atoms with Crippen LogP contribution in [-0.2, 0) is 11.3 Å². The zero-order chi connectivity index (χ0) is 13.5. The number of hydrogen-bond donors (Lipinski definition) is 1. The molecule has 0 aliphatic rings. The zero-order valence-corrected chi connectivity index (χ0v) is 11.3. The Morgan fingerprint density at radius 3 is 3.00 bits per heavy atom. The number of hydrogen-bond acceptors (Lipinski definition) is 2. The van der Waals surface area contributed by atoms with Crippen molar-refractivity contribution in [1.82, 2.24) is 9.88 Å². The Morgan fingerprint density at radius 2 is 2.16 bits per heavy atom. The summed E-state index contributed by atoms with van der Waals surface area (Å²) in [6.45, 7) is 3.88. The van der Waals surface area contributed by atoms with Crippen LogP contribution >= 0.6 is 0 Å². The second kappa shape index (κ2) is 6.83. The number of carbonyl (C=O) groups is 1. The van der Waals surface area contributed by atoms with Crippen molar-refractivity contribution in [3.05, 3.63) is 36.5 Å². The molecule has 0 spiro atoms. The van der Waals surface area contributed by atoms with Crippen molar-refractivity contribution in [2.45, 2.75) is 26.3 Å². The van der Waals surface area contributed by atoms with Crippen molar-refractivity contribution in [2.75, 3.05) is 13.2 Å². The van der Waals surface area contributed by atoms with Crippen molar-refractivity contribution in [1.29, 1.82) is 0 Å². The molecule has 1 aromatic heterocycles. The highest BCUT2D eigenvalue weighted by Gasteiger charge is 2.02. The predicted molar refractivity (Wildman–Crippen MR) is 76.2 cm³/mol. The van der Waals surface area contributed by atoms with Crippen LogP contribution in [0.3, 0.4) is 0 Å². The zero-order valence-electron chi connectivity index (χ0n) is 11.3. The minimum atomic E-state index is -0.329. The summed E-state index contributed by atoms with van der Waals surface area (Å²) in [6.07, 6.45) is 3.65. The fourth-order valence-electron chi connectivity index (χ4n) is 1.97. The van der Waals surface area contributed by atoms with Crippen molar-refractivity contribution in [2.24, 2.45) is 0 Å². The average Bonchev–Trinajstić information content (AvgIpc) is 2.83. The maximum atomic E-state index is 11.4. The average molecular weight is 260 g/mol. The molecule has 2 aromatic rings. The van der Waals surface area contributed by atoms with Gasteiger partial charge in [0.1, 0.15) is 0 Å². The number of nitrogens with one attached hydrogen (secondary N) is 1. The number of ether oxygens (including phenoxy) is 1. The van der Waals surface area contributed by atoms with Gasteiger partial charge >= 0.3 is 6.09 Å². The first-order valence-electron chi connectivity index (χ1n) is 6.75. The molecular formula is C15H20N2O2. The smallest absolute Gasteiger partial charge is 0.407 e. The van der Waals surface area contributed by atoms with Crippen molar-refractivity contribution in [3.8, 4) is 0 Å². The first-order valence-corrected chi connectivity index (χ1v) is 6.75. The van der Waals surface area contributed by atoms with Crippen LogP contribution in [-0.4, -0.2) is 23.8 Å². The van der Waals surface area contributed by atoms with Gasteiger partial charge in [-0.1, -0.05) is 31.5 Å². The first-order chi connectivity index (χ1) is 9.31. The SMILES string of the molecule is CCCCOC(=O)NCCn1ccc2ccccc21. The molecule has 102 valence electrons. The number of carbonyl (C=O) groups excluding carboxylic acids is 1. The molecule has 0 aliphatic carbocycles. The van der Waals surface area contributed by atoms with Crippen LogP contribution in [0.15, 0.2) is 36.5 Å². The fraction of sp³-hybridized carbons (Fsp3) is 0.400. The number of alkyl carbamates (subject to hydrolysis) is 1. The topological polar surface area (TPSA) is 43.3 Å². The highest BCUT2D eigenvalue weighted by Crippen LogP contribution is 2.14. The molecule has 1 amide bonds. The van der Waals surface area contributed by atoms with E-state index in [4.69, 9.17) is 4.74 Å². The number of benzene rings is 1. The Labute approximate surface area is 113 Å². The molecule has 0 aliphatic heterocycles. The second-order valence-corrected chi connectivity index (χ2v) is 4.48. The molecule has 19 heavy (non-hydrogen) atoms. The molecule has 1 heterocycles. The lowest BCUT2D eigenvalue weighted by molar-refractivity contribution is 0.144. The van der Waals surface area contributed by atoms with Crippen LogP contribution < -0.4 is 5.32 Å². The van der Waals surface area contributed by atoms with Crippen LogP contribution in [0, 0.1) is 0 Å². The molecule has 0 bridgehead atoms. The fourth-order valence-corrected chi connectivity index (χ4v) is 1.97. The first kappa shape index (κ1) is 13.5. The van der Waals surface area contributed by atoms with Gasteiger partial charge in [-0.25, -0.2) is 4.79 Å². The molecular weight excluding hydrogens is 240 g/mol. The third-order valence-corrected chi connectivity index (χ3v) is 3.03. The van der Waals surface area contributed by atoms with Gasteiger partial charge in [-0.15, -0.1) is 0 Å². The highest BCUT2D eigenvalue weighted by molar-refractivity contribution is 5.79. The van der Waals surface area contributed by atoms with Gasteiger partial charge in [0, 0.05) is 24.8 Å². The molecule has 0 unspecified atom stereocenters. The van der Waals surface area contributed by atoms with Gasteiger partial charge in [0.05, 0.1) is 6.61 Å². The van der Waals surface area contributed by atoms with Crippen molar-refractivity contribution < 1.29 is 9.53 Å². The Bertz CT molecular complexity index is 534. The Morgan fingerprint density at radius 1 is 1.32 bits per heavy atom.